The Bertz CT molecular complexity index is 648. The van der Waals surface area contributed by atoms with Gasteiger partial charge in [0.05, 0.1) is 12.8 Å². The minimum Gasteiger partial charge on any atom is -0.497 e. The Kier molecular flexibility index (Phi) is 4.72. The number of aromatic nitrogens is 1. The van der Waals surface area contributed by atoms with Gasteiger partial charge in [-0.1, -0.05) is 18.7 Å². The van der Waals surface area contributed by atoms with Crippen LogP contribution >= 0.6 is 0 Å². The van der Waals surface area contributed by atoms with Crippen LogP contribution in [0.2, 0.25) is 0 Å². The van der Waals surface area contributed by atoms with E-state index in [0.29, 0.717) is 6.54 Å². The molecule has 1 aromatic heterocycles. The van der Waals surface area contributed by atoms with Crippen molar-refractivity contribution in [3.05, 3.63) is 60.3 Å². The van der Waals surface area contributed by atoms with Crippen LogP contribution in [0, 0.1) is 6.92 Å². The monoisotopic (exact) mass is 282 g/mol. The van der Waals surface area contributed by atoms with Gasteiger partial charge in [-0.3, -0.25) is 9.78 Å². The Labute approximate surface area is 124 Å². The standard InChI is InChI=1S/C17H18N2O2/c1-4-17(20)19-11-13-6-8-16(18-10-13)15-9-14(21-3)7-5-12(15)2/h4-10H,1,11H2,2-3H3,(H,19,20). The third-order valence-electron chi connectivity index (χ3n) is 3.20. The van der Waals surface area contributed by atoms with E-state index < -0.39 is 0 Å². The van der Waals surface area contributed by atoms with Crippen LogP contribution in [0.5, 0.6) is 5.75 Å². The molecular weight excluding hydrogens is 264 g/mol. The first-order chi connectivity index (χ1) is 10.1. The summed E-state index contributed by atoms with van der Waals surface area (Å²) in [6.07, 6.45) is 3.01. The van der Waals surface area contributed by atoms with Crippen molar-refractivity contribution in [2.45, 2.75) is 13.5 Å². The quantitative estimate of drug-likeness (QED) is 0.858. The van der Waals surface area contributed by atoms with E-state index in [4.69, 9.17) is 4.74 Å². The van der Waals surface area contributed by atoms with Crippen molar-refractivity contribution in [2.75, 3.05) is 7.11 Å². The van der Waals surface area contributed by atoms with E-state index in [1.54, 1.807) is 13.3 Å². The SMILES string of the molecule is C=CC(=O)NCc1ccc(-c2cc(OC)ccc2C)nc1. The summed E-state index contributed by atoms with van der Waals surface area (Å²) in [5.41, 5.74) is 3.99. The van der Waals surface area contributed by atoms with Crippen LogP contribution in [0.15, 0.2) is 49.2 Å². The zero-order chi connectivity index (χ0) is 15.2. The van der Waals surface area contributed by atoms with Crippen LogP contribution in [0.3, 0.4) is 0 Å². The van der Waals surface area contributed by atoms with Crippen LogP contribution in [0.25, 0.3) is 11.3 Å². The molecule has 0 aliphatic carbocycles. The molecule has 4 nitrogen and oxygen atoms in total. The van der Waals surface area contributed by atoms with Crippen LogP contribution in [0.4, 0.5) is 0 Å². The second-order valence-corrected chi connectivity index (χ2v) is 4.65. The molecular formula is C17H18N2O2. The normalized spacial score (nSPS) is 10.0. The molecule has 0 bridgehead atoms. The highest BCUT2D eigenvalue weighted by Crippen LogP contribution is 2.26. The van der Waals surface area contributed by atoms with Gasteiger partial charge in [-0.2, -0.15) is 0 Å². The Morgan fingerprint density at radius 3 is 2.81 bits per heavy atom. The van der Waals surface area contributed by atoms with E-state index in [2.05, 4.69) is 16.9 Å². The van der Waals surface area contributed by atoms with E-state index in [1.807, 2.05) is 37.3 Å². The van der Waals surface area contributed by atoms with Crippen molar-refractivity contribution >= 4 is 5.91 Å². The molecule has 1 N–H and O–H groups in total. The number of rotatable bonds is 5. The molecule has 2 rings (SSSR count). The highest BCUT2D eigenvalue weighted by molar-refractivity contribution is 5.86. The predicted molar refractivity (Wildman–Crippen MR) is 83.0 cm³/mol. The summed E-state index contributed by atoms with van der Waals surface area (Å²) in [6.45, 7) is 5.89. The van der Waals surface area contributed by atoms with Crippen molar-refractivity contribution in [3.8, 4) is 17.0 Å². The molecule has 108 valence electrons. The first kappa shape index (κ1) is 14.8. The van der Waals surface area contributed by atoms with Gasteiger partial charge in [0.15, 0.2) is 0 Å². The molecule has 0 saturated heterocycles. The Hall–Kier alpha value is -2.62. The lowest BCUT2D eigenvalue weighted by atomic mass is 10.0. The van der Waals surface area contributed by atoms with Crippen molar-refractivity contribution in [1.29, 1.82) is 0 Å². The van der Waals surface area contributed by atoms with Crippen LogP contribution in [-0.2, 0) is 11.3 Å². The molecule has 0 fully saturated rings. The molecule has 0 unspecified atom stereocenters. The molecule has 1 amide bonds. The topological polar surface area (TPSA) is 51.2 Å². The van der Waals surface area contributed by atoms with Crippen molar-refractivity contribution in [3.63, 3.8) is 0 Å². The van der Waals surface area contributed by atoms with Crippen LogP contribution in [0.1, 0.15) is 11.1 Å². The maximum atomic E-state index is 11.1. The van der Waals surface area contributed by atoms with E-state index >= 15 is 0 Å². The number of carbonyl (C=O) groups is 1. The highest BCUT2D eigenvalue weighted by atomic mass is 16.5. The third kappa shape index (κ3) is 3.69. The number of carbonyl (C=O) groups excluding carboxylic acids is 1. The van der Waals surface area contributed by atoms with Gasteiger partial charge in [-0.05, 0) is 42.3 Å². The highest BCUT2D eigenvalue weighted by Gasteiger charge is 2.05. The summed E-state index contributed by atoms with van der Waals surface area (Å²) in [6, 6.07) is 9.80. The van der Waals surface area contributed by atoms with Gasteiger partial charge in [0.2, 0.25) is 5.91 Å². The molecule has 0 aliphatic rings. The van der Waals surface area contributed by atoms with Gasteiger partial charge in [-0.25, -0.2) is 0 Å². The number of hydrogen-bond donors (Lipinski definition) is 1. The molecule has 1 aromatic carbocycles. The van der Waals surface area contributed by atoms with Crippen molar-refractivity contribution < 1.29 is 9.53 Å². The van der Waals surface area contributed by atoms with Gasteiger partial charge in [0.25, 0.3) is 0 Å². The van der Waals surface area contributed by atoms with Crippen molar-refractivity contribution in [2.24, 2.45) is 0 Å². The fraction of sp³-hybridized carbons (Fsp3) is 0.176. The molecule has 0 aliphatic heterocycles. The fourth-order valence-electron chi connectivity index (χ4n) is 1.95. The molecule has 21 heavy (non-hydrogen) atoms. The smallest absolute Gasteiger partial charge is 0.243 e. The van der Waals surface area contributed by atoms with Crippen LogP contribution in [-0.4, -0.2) is 18.0 Å². The van der Waals surface area contributed by atoms with Gasteiger partial charge in [0, 0.05) is 18.3 Å². The Balaban J connectivity index is 2.18. The first-order valence-corrected chi connectivity index (χ1v) is 6.64. The van der Waals surface area contributed by atoms with Gasteiger partial charge in [-0.15, -0.1) is 0 Å². The van der Waals surface area contributed by atoms with Crippen molar-refractivity contribution in [1.82, 2.24) is 10.3 Å². The second kappa shape index (κ2) is 6.70. The average molecular weight is 282 g/mol. The van der Waals surface area contributed by atoms with Gasteiger partial charge in [0.1, 0.15) is 5.75 Å². The maximum Gasteiger partial charge on any atom is 0.243 e. The summed E-state index contributed by atoms with van der Waals surface area (Å²) in [5.74, 6) is 0.613. The molecule has 1 heterocycles. The Morgan fingerprint density at radius 2 is 2.19 bits per heavy atom. The number of aryl methyl sites for hydroxylation is 1. The zero-order valence-electron chi connectivity index (χ0n) is 12.2. The minimum atomic E-state index is -0.192. The zero-order valence-corrected chi connectivity index (χ0v) is 12.2. The lowest BCUT2D eigenvalue weighted by Crippen LogP contribution is -2.19. The van der Waals surface area contributed by atoms with E-state index in [9.17, 15) is 4.79 Å². The number of nitrogens with one attached hydrogen (secondary N) is 1. The van der Waals surface area contributed by atoms with E-state index in [1.165, 1.54) is 6.08 Å². The number of hydrogen-bond acceptors (Lipinski definition) is 3. The fourth-order valence-corrected chi connectivity index (χ4v) is 1.95. The minimum absolute atomic E-state index is 0.192. The number of ether oxygens (including phenoxy) is 1. The first-order valence-electron chi connectivity index (χ1n) is 6.64. The average Bonchev–Trinajstić information content (AvgIpc) is 2.53. The maximum absolute atomic E-state index is 11.1. The molecule has 4 heteroatoms. The molecule has 0 spiro atoms. The van der Waals surface area contributed by atoms with Gasteiger partial charge < -0.3 is 10.1 Å². The lowest BCUT2D eigenvalue weighted by Gasteiger charge is -2.09. The molecule has 0 saturated carbocycles. The molecule has 2 aromatic rings. The van der Waals surface area contributed by atoms with E-state index in [0.717, 1.165) is 28.1 Å². The summed E-state index contributed by atoms with van der Waals surface area (Å²) in [7, 11) is 1.65. The summed E-state index contributed by atoms with van der Waals surface area (Å²) in [5, 5.41) is 2.72. The molecule has 0 atom stereocenters. The summed E-state index contributed by atoms with van der Waals surface area (Å²) >= 11 is 0. The third-order valence-corrected chi connectivity index (χ3v) is 3.20. The number of nitrogens with zero attached hydrogens (tertiary/aromatic N) is 1. The number of amides is 1. The molecule has 0 radical (unpaired) electrons. The largest absolute Gasteiger partial charge is 0.497 e. The number of pyridine rings is 1. The van der Waals surface area contributed by atoms with E-state index in [-0.39, 0.29) is 5.91 Å². The van der Waals surface area contributed by atoms with Gasteiger partial charge >= 0.3 is 0 Å². The second-order valence-electron chi connectivity index (χ2n) is 4.65. The number of benzene rings is 1. The van der Waals surface area contributed by atoms with Crippen LogP contribution < -0.4 is 10.1 Å². The summed E-state index contributed by atoms with van der Waals surface area (Å²) in [4.78, 5) is 15.6. The predicted octanol–water partition coefficient (Wildman–Crippen LogP) is 2.87. The Morgan fingerprint density at radius 1 is 1.38 bits per heavy atom. The lowest BCUT2D eigenvalue weighted by molar-refractivity contribution is -0.116. The summed E-state index contributed by atoms with van der Waals surface area (Å²) < 4.78 is 5.25. The number of methoxy groups -OCH3 is 1.